The van der Waals surface area contributed by atoms with Crippen LogP contribution in [-0.2, 0) is 16.1 Å². The van der Waals surface area contributed by atoms with Gasteiger partial charge in [-0.3, -0.25) is 24.3 Å². The molecule has 0 atom stereocenters. The number of carbonyl (C=O) groups is 2. The van der Waals surface area contributed by atoms with Crippen molar-refractivity contribution >= 4 is 52.5 Å². The number of esters is 1. The Morgan fingerprint density at radius 2 is 1.81 bits per heavy atom. The topological polar surface area (TPSA) is 109 Å². The van der Waals surface area contributed by atoms with Gasteiger partial charge in [-0.1, -0.05) is 11.6 Å². The Bertz CT molecular complexity index is 1340. The van der Waals surface area contributed by atoms with Gasteiger partial charge in [0, 0.05) is 22.7 Å². The minimum atomic E-state index is -0.636. The quantitative estimate of drug-likeness (QED) is 0.226. The summed E-state index contributed by atoms with van der Waals surface area (Å²) in [6.07, 6.45) is 2.71. The van der Waals surface area contributed by atoms with E-state index in [1.807, 2.05) is 0 Å². The zero-order valence-electron chi connectivity index (χ0n) is 16.8. The average Bonchev–Trinajstić information content (AvgIpc) is 3.03. The molecule has 0 saturated carbocycles. The van der Waals surface area contributed by atoms with Gasteiger partial charge < -0.3 is 4.74 Å². The molecule has 3 aromatic rings. The summed E-state index contributed by atoms with van der Waals surface area (Å²) in [6.45, 7) is 1.54. The number of hydrogen-bond donors (Lipinski definition) is 0. The van der Waals surface area contributed by atoms with Gasteiger partial charge in [0.2, 0.25) is 0 Å². The second kappa shape index (κ2) is 10.2. The van der Waals surface area contributed by atoms with E-state index in [0.717, 1.165) is 17.4 Å². The maximum Gasteiger partial charge on any atom is 0.333 e. The number of ketones is 1. The maximum atomic E-state index is 13.0. The van der Waals surface area contributed by atoms with E-state index in [0.29, 0.717) is 16.1 Å². The largest absolute Gasteiger partial charge is 0.463 e. The van der Waals surface area contributed by atoms with Crippen LogP contribution in [0.1, 0.15) is 22.8 Å². The van der Waals surface area contributed by atoms with E-state index in [4.69, 9.17) is 16.3 Å². The molecule has 0 unspecified atom stereocenters. The first-order valence-corrected chi connectivity index (χ1v) is 10.6. The van der Waals surface area contributed by atoms with E-state index < -0.39 is 16.5 Å². The lowest BCUT2D eigenvalue weighted by Gasteiger charge is -2.03. The first-order chi connectivity index (χ1) is 15.3. The summed E-state index contributed by atoms with van der Waals surface area (Å²) in [6, 6.07) is 11.9. The summed E-state index contributed by atoms with van der Waals surface area (Å²) < 4.78 is 6.65. The lowest BCUT2D eigenvalue weighted by atomic mass is 10.1. The molecule has 0 radical (unpaired) electrons. The highest BCUT2D eigenvalue weighted by Gasteiger charge is 2.13. The van der Waals surface area contributed by atoms with Crippen LogP contribution in [0.2, 0.25) is 5.02 Å². The summed E-state index contributed by atoms with van der Waals surface area (Å²) in [5.41, 5.74) is 0.394. The lowest BCUT2D eigenvalue weighted by Crippen LogP contribution is -2.34. The van der Waals surface area contributed by atoms with Crippen molar-refractivity contribution in [2.24, 2.45) is 0 Å². The third-order valence-corrected chi connectivity index (χ3v) is 5.65. The molecule has 0 spiro atoms. The first-order valence-electron chi connectivity index (χ1n) is 9.41. The number of hydrogen-bond acceptors (Lipinski definition) is 7. The Kier molecular flexibility index (Phi) is 7.34. The van der Waals surface area contributed by atoms with Crippen molar-refractivity contribution in [1.29, 1.82) is 0 Å². The molecule has 1 heterocycles. The van der Waals surface area contributed by atoms with Gasteiger partial charge >= 0.3 is 5.97 Å². The molecule has 3 rings (SSSR count). The summed E-state index contributed by atoms with van der Waals surface area (Å²) in [5.74, 6) is -0.967. The minimum absolute atomic E-state index is 0.0735. The van der Waals surface area contributed by atoms with Crippen LogP contribution in [-0.4, -0.2) is 27.8 Å². The Morgan fingerprint density at radius 3 is 2.41 bits per heavy atom. The molecule has 0 aliphatic carbocycles. The van der Waals surface area contributed by atoms with Crippen LogP contribution in [0.15, 0.2) is 53.3 Å². The molecule has 0 amide bonds. The lowest BCUT2D eigenvalue weighted by molar-refractivity contribution is -0.384. The van der Waals surface area contributed by atoms with Gasteiger partial charge in [0.15, 0.2) is 5.78 Å². The number of non-ortho nitro benzene ring substituents is 1. The average molecular weight is 473 g/mol. The summed E-state index contributed by atoms with van der Waals surface area (Å²) in [7, 11) is 0. The Labute approximate surface area is 190 Å². The van der Waals surface area contributed by atoms with E-state index >= 15 is 0 Å². The van der Waals surface area contributed by atoms with Crippen LogP contribution in [0.5, 0.6) is 0 Å². The number of halogens is 1. The van der Waals surface area contributed by atoms with Crippen molar-refractivity contribution in [2.45, 2.75) is 13.5 Å². The molecule has 0 aliphatic rings. The molecule has 1 aromatic heterocycles. The highest BCUT2D eigenvalue weighted by atomic mass is 35.5. The monoisotopic (exact) mass is 472 g/mol. The van der Waals surface area contributed by atoms with E-state index in [2.05, 4.69) is 0 Å². The molecule has 32 heavy (non-hydrogen) atoms. The minimum Gasteiger partial charge on any atom is -0.463 e. The molecule has 8 nitrogen and oxygen atoms in total. The first kappa shape index (κ1) is 23.1. The smallest absolute Gasteiger partial charge is 0.333 e. The van der Waals surface area contributed by atoms with Crippen LogP contribution in [0.3, 0.4) is 0 Å². The number of nitro benzene ring substituents is 1. The van der Waals surface area contributed by atoms with Gasteiger partial charge in [-0.05, 0) is 55.0 Å². The number of aromatic nitrogens is 1. The zero-order valence-corrected chi connectivity index (χ0v) is 18.4. The molecular formula is C22H17ClN2O6S. The Balaban J connectivity index is 2.06. The molecule has 2 aromatic carbocycles. The van der Waals surface area contributed by atoms with Crippen molar-refractivity contribution in [1.82, 2.24) is 4.57 Å². The van der Waals surface area contributed by atoms with Crippen molar-refractivity contribution in [3.05, 3.63) is 94.3 Å². The molecule has 0 fully saturated rings. The van der Waals surface area contributed by atoms with Gasteiger partial charge in [-0.15, -0.1) is 11.3 Å². The van der Waals surface area contributed by atoms with Crippen molar-refractivity contribution in [3.63, 3.8) is 0 Å². The number of ether oxygens (including phenoxy) is 1. The molecule has 0 saturated heterocycles. The fourth-order valence-corrected chi connectivity index (χ4v) is 3.95. The van der Waals surface area contributed by atoms with E-state index in [-0.39, 0.29) is 33.8 Å². The van der Waals surface area contributed by atoms with Gasteiger partial charge in [-0.25, -0.2) is 4.79 Å². The summed E-state index contributed by atoms with van der Waals surface area (Å²) in [4.78, 5) is 48.0. The Morgan fingerprint density at radius 1 is 1.16 bits per heavy atom. The highest BCUT2D eigenvalue weighted by Crippen LogP contribution is 2.12. The number of rotatable bonds is 7. The SMILES string of the molecule is CCOC(=O)/C=c1\s/c(=C/c2ccc([N+](=O)[O-])cc2)c(=O)n1CC(=O)c1ccc(Cl)cc1. The number of carbonyl (C=O) groups excluding carboxylic acids is 2. The maximum absolute atomic E-state index is 13.0. The molecule has 0 N–H and O–H groups in total. The third-order valence-electron chi connectivity index (χ3n) is 4.33. The van der Waals surface area contributed by atoms with Crippen LogP contribution >= 0.6 is 22.9 Å². The fourth-order valence-electron chi connectivity index (χ4n) is 2.79. The third kappa shape index (κ3) is 5.57. The number of nitro groups is 1. The molecular weight excluding hydrogens is 456 g/mol. The highest BCUT2D eigenvalue weighted by molar-refractivity contribution is 7.07. The summed E-state index contributed by atoms with van der Waals surface area (Å²) in [5, 5.41) is 11.3. The predicted octanol–water partition coefficient (Wildman–Crippen LogP) is 2.53. The van der Waals surface area contributed by atoms with Crippen LogP contribution in [0.25, 0.3) is 12.2 Å². The normalized spacial score (nSPS) is 12.1. The van der Waals surface area contributed by atoms with Crippen LogP contribution in [0, 0.1) is 10.1 Å². The van der Waals surface area contributed by atoms with Gasteiger partial charge in [0.25, 0.3) is 11.2 Å². The van der Waals surface area contributed by atoms with Crippen molar-refractivity contribution in [3.8, 4) is 0 Å². The van der Waals surface area contributed by atoms with Gasteiger partial charge in [0.05, 0.1) is 28.7 Å². The number of Topliss-reactive ketones (excluding diaryl/α,β-unsaturated/α-hetero) is 1. The van der Waals surface area contributed by atoms with E-state index in [9.17, 15) is 24.5 Å². The van der Waals surface area contributed by atoms with Crippen LogP contribution in [0.4, 0.5) is 5.69 Å². The van der Waals surface area contributed by atoms with E-state index in [1.165, 1.54) is 28.8 Å². The van der Waals surface area contributed by atoms with Crippen molar-refractivity contribution in [2.75, 3.05) is 6.61 Å². The predicted molar refractivity (Wildman–Crippen MR) is 121 cm³/mol. The van der Waals surface area contributed by atoms with Gasteiger partial charge in [-0.2, -0.15) is 0 Å². The van der Waals surface area contributed by atoms with Gasteiger partial charge in [0.1, 0.15) is 4.66 Å². The second-order valence-electron chi connectivity index (χ2n) is 6.52. The zero-order chi connectivity index (χ0) is 23.3. The standard InChI is InChI=1S/C22H17ClN2O6S/c1-2-31-21(27)12-20-24(13-18(26)15-5-7-16(23)8-6-15)22(28)19(32-20)11-14-3-9-17(10-4-14)25(29)30/h3-12H,2,13H2,1H3/b19-11+,20-12-. The summed E-state index contributed by atoms with van der Waals surface area (Å²) >= 11 is 6.88. The van der Waals surface area contributed by atoms with Crippen molar-refractivity contribution < 1.29 is 19.2 Å². The van der Waals surface area contributed by atoms with E-state index in [1.54, 1.807) is 37.3 Å². The Hall–Kier alpha value is -3.56. The number of nitrogens with zero attached hydrogens (tertiary/aromatic N) is 2. The van der Waals surface area contributed by atoms with Crippen LogP contribution < -0.4 is 14.8 Å². The molecule has 0 aliphatic heterocycles. The number of thiazole rings is 1. The molecule has 0 bridgehead atoms. The molecule has 10 heteroatoms. The second-order valence-corrected chi connectivity index (χ2v) is 8.01. The molecule has 164 valence electrons. The fraction of sp³-hybridized carbons (Fsp3) is 0.136. The number of benzene rings is 2.